The van der Waals surface area contributed by atoms with Crippen molar-refractivity contribution in [2.75, 3.05) is 0 Å². The number of thiol groups is 1. The van der Waals surface area contributed by atoms with E-state index in [9.17, 15) is 0 Å². The maximum Gasteiger partial charge on any atom is 0.0125 e. The van der Waals surface area contributed by atoms with Crippen molar-refractivity contribution in [1.29, 1.82) is 0 Å². The summed E-state index contributed by atoms with van der Waals surface area (Å²) in [4.78, 5) is 1.04. The number of rotatable bonds is 0. The highest BCUT2D eigenvalue weighted by Crippen LogP contribution is 2.37. The van der Waals surface area contributed by atoms with Crippen molar-refractivity contribution >= 4 is 44.9 Å². The summed E-state index contributed by atoms with van der Waals surface area (Å²) < 4.78 is 0. The molecular weight excluding hydrogens is 248 g/mol. The van der Waals surface area contributed by atoms with E-state index in [-0.39, 0.29) is 0 Å². The normalized spacial score (nSPS) is 11.4. The summed E-state index contributed by atoms with van der Waals surface area (Å²) in [6, 6.07) is 23.5. The minimum absolute atomic E-state index is 1.04. The Labute approximate surface area is 117 Å². The molecule has 0 saturated carbocycles. The second kappa shape index (κ2) is 4.01. The van der Waals surface area contributed by atoms with E-state index in [1.165, 1.54) is 32.3 Å². The fourth-order valence-corrected chi connectivity index (χ4v) is 3.26. The van der Waals surface area contributed by atoms with Gasteiger partial charge in [-0.3, -0.25) is 0 Å². The number of hydrogen-bond acceptors (Lipinski definition) is 1. The average Bonchev–Trinajstić information content (AvgIpc) is 2.47. The van der Waals surface area contributed by atoms with Crippen molar-refractivity contribution in [2.24, 2.45) is 0 Å². The van der Waals surface area contributed by atoms with Crippen LogP contribution in [0.3, 0.4) is 0 Å². The molecule has 1 heteroatoms. The summed E-state index contributed by atoms with van der Waals surface area (Å²) >= 11 is 4.65. The highest BCUT2D eigenvalue weighted by molar-refractivity contribution is 7.80. The van der Waals surface area contributed by atoms with Crippen LogP contribution in [-0.2, 0) is 0 Å². The van der Waals surface area contributed by atoms with Gasteiger partial charge in [0.1, 0.15) is 0 Å². The van der Waals surface area contributed by atoms with Crippen LogP contribution in [0.2, 0.25) is 0 Å². The van der Waals surface area contributed by atoms with Gasteiger partial charge in [0.2, 0.25) is 0 Å². The zero-order valence-electron chi connectivity index (χ0n) is 10.3. The monoisotopic (exact) mass is 260 g/mol. The summed E-state index contributed by atoms with van der Waals surface area (Å²) in [5.41, 5.74) is 0. The highest BCUT2D eigenvalue weighted by Gasteiger charge is 2.08. The lowest BCUT2D eigenvalue weighted by atomic mass is 9.94. The van der Waals surface area contributed by atoms with Crippen LogP contribution in [0, 0.1) is 0 Å². The van der Waals surface area contributed by atoms with Gasteiger partial charge in [0.15, 0.2) is 0 Å². The molecule has 0 aliphatic heterocycles. The Balaban J connectivity index is 2.48. The van der Waals surface area contributed by atoms with Crippen LogP contribution in [-0.4, -0.2) is 0 Å². The Morgan fingerprint density at radius 3 is 1.47 bits per heavy atom. The van der Waals surface area contributed by atoms with E-state index < -0.39 is 0 Å². The van der Waals surface area contributed by atoms with Gasteiger partial charge in [-0.25, -0.2) is 0 Å². The second-order valence-electron chi connectivity index (χ2n) is 4.79. The fourth-order valence-electron chi connectivity index (χ4n) is 2.94. The lowest BCUT2D eigenvalue weighted by Crippen LogP contribution is -1.83. The second-order valence-corrected chi connectivity index (χ2v) is 5.27. The van der Waals surface area contributed by atoms with Gasteiger partial charge < -0.3 is 0 Å². The smallest absolute Gasteiger partial charge is 0.0125 e. The van der Waals surface area contributed by atoms with Gasteiger partial charge in [-0.2, -0.15) is 0 Å². The maximum atomic E-state index is 4.65. The van der Waals surface area contributed by atoms with Crippen molar-refractivity contribution in [3.8, 4) is 0 Å². The van der Waals surface area contributed by atoms with Gasteiger partial charge in [-0.15, -0.1) is 12.6 Å². The fraction of sp³-hybridized carbons (Fsp3) is 0. The molecule has 0 bridgehead atoms. The molecule has 4 rings (SSSR count). The van der Waals surface area contributed by atoms with E-state index in [4.69, 9.17) is 0 Å². The molecule has 0 amide bonds. The van der Waals surface area contributed by atoms with Crippen LogP contribution >= 0.6 is 12.6 Å². The molecule has 19 heavy (non-hydrogen) atoms. The van der Waals surface area contributed by atoms with Crippen molar-refractivity contribution in [1.82, 2.24) is 0 Å². The number of hydrogen-bond donors (Lipinski definition) is 1. The summed E-state index contributed by atoms with van der Waals surface area (Å²) in [6.07, 6.45) is 0. The van der Waals surface area contributed by atoms with Gasteiger partial charge in [0, 0.05) is 10.3 Å². The molecule has 0 spiro atoms. The molecule has 0 aliphatic rings. The Bertz CT molecular complexity index is 877. The van der Waals surface area contributed by atoms with Crippen molar-refractivity contribution in [3.63, 3.8) is 0 Å². The zero-order valence-corrected chi connectivity index (χ0v) is 11.2. The van der Waals surface area contributed by atoms with E-state index >= 15 is 0 Å². The van der Waals surface area contributed by atoms with Gasteiger partial charge >= 0.3 is 0 Å². The van der Waals surface area contributed by atoms with Crippen LogP contribution in [0.25, 0.3) is 32.3 Å². The Kier molecular flexibility index (Phi) is 2.30. The largest absolute Gasteiger partial charge is 0.143 e. The predicted molar refractivity (Wildman–Crippen MR) is 86.2 cm³/mol. The molecule has 0 nitrogen and oxygen atoms in total. The van der Waals surface area contributed by atoms with E-state index in [1.54, 1.807) is 0 Å². The minimum Gasteiger partial charge on any atom is -0.143 e. The third kappa shape index (κ3) is 1.48. The number of fused-ring (bicyclic) bond motifs is 6. The molecule has 0 N–H and O–H groups in total. The molecule has 0 aliphatic carbocycles. The SMILES string of the molecule is Sc1cccc2c3ccccc3c3ccccc3c12. The third-order valence-electron chi connectivity index (χ3n) is 3.75. The van der Waals surface area contributed by atoms with Gasteiger partial charge in [-0.05, 0) is 33.0 Å². The standard InChI is InChI=1S/C18H12S/c19-17-11-5-10-16-14-7-2-1-6-12(14)13-8-3-4-9-15(13)18(16)17/h1-11,19H. The molecule has 0 aromatic heterocycles. The quantitative estimate of drug-likeness (QED) is 0.316. The van der Waals surface area contributed by atoms with Gasteiger partial charge in [-0.1, -0.05) is 60.7 Å². The van der Waals surface area contributed by atoms with Crippen LogP contribution in [0.1, 0.15) is 0 Å². The molecule has 0 radical (unpaired) electrons. The van der Waals surface area contributed by atoms with E-state index in [1.807, 2.05) is 0 Å². The molecule has 90 valence electrons. The lowest BCUT2D eigenvalue weighted by molar-refractivity contribution is 1.59. The first-order chi connectivity index (χ1) is 9.36. The highest BCUT2D eigenvalue weighted by atomic mass is 32.1. The molecule has 4 aromatic rings. The average molecular weight is 260 g/mol. The van der Waals surface area contributed by atoms with E-state index in [2.05, 4.69) is 79.4 Å². The molecular formula is C18H12S. The topological polar surface area (TPSA) is 0 Å². The molecule has 0 atom stereocenters. The Morgan fingerprint density at radius 2 is 0.895 bits per heavy atom. The Hall–Kier alpha value is -1.99. The first kappa shape index (κ1) is 10.9. The zero-order chi connectivity index (χ0) is 12.8. The van der Waals surface area contributed by atoms with Gasteiger partial charge in [0.25, 0.3) is 0 Å². The number of benzene rings is 4. The predicted octanol–water partition coefficient (Wildman–Crippen LogP) is 5.43. The molecule has 0 unspecified atom stereocenters. The lowest BCUT2D eigenvalue weighted by Gasteiger charge is -2.11. The maximum absolute atomic E-state index is 4.65. The van der Waals surface area contributed by atoms with Crippen LogP contribution < -0.4 is 0 Å². The summed E-state index contributed by atoms with van der Waals surface area (Å²) in [7, 11) is 0. The van der Waals surface area contributed by atoms with Crippen molar-refractivity contribution in [3.05, 3.63) is 66.7 Å². The van der Waals surface area contributed by atoms with Crippen LogP contribution in [0.5, 0.6) is 0 Å². The minimum atomic E-state index is 1.04. The summed E-state index contributed by atoms with van der Waals surface area (Å²) in [5, 5.41) is 7.72. The summed E-state index contributed by atoms with van der Waals surface area (Å²) in [5.74, 6) is 0. The first-order valence-electron chi connectivity index (χ1n) is 6.37. The third-order valence-corrected chi connectivity index (χ3v) is 4.12. The van der Waals surface area contributed by atoms with E-state index in [0.717, 1.165) is 4.90 Å². The first-order valence-corrected chi connectivity index (χ1v) is 6.82. The van der Waals surface area contributed by atoms with Crippen LogP contribution in [0.15, 0.2) is 71.6 Å². The van der Waals surface area contributed by atoms with Crippen LogP contribution in [0.4, 0.5) is 0 Å². The molecule has 0 fully saturated rings. The molecule has 0 saturated heterocycles. The molecule has 0 heterocycles. The van der Waals surface area contributed by atoms with Crippen molar-refractivity contribution in [2.45, 2.75) is 4.90 Å². The summed E-state index contributed by atoms with van der Waals surface area (Å²) in [6.45, 7) is 0. The Morgan fingerprint density at radius 1 is 0.474 bits per heavy atom. The van der Waals surface area contributed by atoms with Crippen molar-refractivity contribution < 1.29 is 0 Å². The molecule has 4 aromatic carbocycles. The van der Waals surface area contributed by atoms with E-state index in [0.29, 0.717) is 0 Å². The van der Waals surface area contributed by atoms with Gasteiger partial charge in [0.05, 0.1) is 0 Å².